The quantitative estimate of drug-likeness (QED) is 0.507. The molecule has 0 aromatic rings. The molecular weight excluding hydrogens is 198 g/mol. The van der Waals surface area contributed by atoms with Gasteiger partial charge >= 0.3 is 0 Å². The van der Waals surface area contributed by atoms with Crippen LogP contribution in [0.2, 0.25) is 0 Å². The highest BCUT2D eigenvalue weighted by molar-refractivity contribution is 6.46. The molecule has 0 saturated carbocycles. The Morgan fingerprint density at radius 1 is 1.33 bits per heavy atom. The molecule has 5 heteroatoms. The third-order valence-electron chi connectivity index (χ3n) is 1.91. The van der Waals surface area contributed by atoms with Crippen LogP contribution in [-0.2, 0) is 14.4 Å². The summed E-state index contributed by atoms with van der Waals surface area (Å²) in [7, 11) is 0. The predicted octanol–water partition coefficient (Wildman–Crippen LogP) is 0.0327. The minimum Gasteiger partial charge on any atom is -0.508 e. The molecule has 0 bridgehead atoms. The maximum absolute atomic E-state index is 11.0. The van der Waals surface area contributed by atoms with E-state index < -0.39 is 11.6 Å². The zero-order valence-electron chi connectivity index (χ0n) is 8.24. The van der Waals surface area contributed by atoms with Crippen molar-refractivity contribution in [1.29, 1.82) is 0 Å². The van der Waals surface area contributed by atoms with E-state index in [9.17, 15) is 19.5 Å². The summed E-state index contributed by atoms with van der Waals surface area (Å²) in [6.07, 6.45) is 2.31. The first-order chi connectivity index (χ1) is 7.00. The summed E-state index contributed by atoms with van der Waals surface area (Å²) in [6, 6.07) is 0. The lowest BCUT2D eigenvalue weighted by Crippen LogP contribution is -2.23. The lowest BCUT2D eigenvalue weighted by atomic mass is 10.0. The number of aliphatic hydroxyl groups excluding tert-OH is 1. The fourth-order valence-electron chi connectivity index (χ4n) is 1.16. The summed E-state index contributed by atoms with van der Waals surface area (Å²) in [5.41, 5.74) is 0.369. The number of rotatable bonds is 3. The molecule has 0 unspecified atom stereocenters. The summed E-state index contributed by atoms with van der Waals surface area (Å²) < 4.78 is 0. The van der Waals surface area contributed by atoms with Gasteiger partial charge in [-0.15, -0.1) is 0 Å². The summed E-state index contributed by atoms with van der Waals surface area (Å²) in [5, 5.41) is 11.9. The number of hydrogen-bond acceptors (Lipinski definition) is 4. The van der Waals surface area contributed by atoms with Crippen molar-refractivity contribution in [2.75, 3.05) is 6.54 Å². The van der Waals surface area contributed by atoms with Crippen LogP contribution in [0.15, 0.2) is 23.5 Å². The van der Waals surface area contributed by atoms with Gasteiger partial charge in [0.15, 0.2) is 0 Å². The molecular formula is C10H11NO4. The van der Waals surface area contributed by atoms with Crippen molar-refractivity contribution in [3.63, 3.8) is 0 Å². The van der Waals surface area contributed by atoms with Crippen molar-refractivity contribution >= 4 is 17.5 Å². The molecule has 2 N–H and O–H groups in total. The highest BCUT2D eigenvalue weighted by atomic mass is 16.3. The second-order valence-electron chi connectivity index (χ2n) is 3.16. The maximum atomic E-state index is 11.0. The van der Waals surface area contributed by atoms with E-state index in [1.54, 1.807) is 0 Å². The van der Waals surface area contributed by atoms with Gasteiger partial charge in [0.2, 0.25) is 17.5 Å². The SMILES string of the molecule is CC(=O)NCCC1=CC(=O)C(=O)C=C1O. The van der Waals surface area contributed by atoms with Crippen molar-refractivity contribution < 1.29 is 19.5 Å². The third-order valence-corrected chi connectivity index (χ3v) is 1.91. The Morgan fingerprint density at radius 3 is 2.53 bits per heavy atom. The Bertz CT molecular complexity index is 379. The molecule has 0 radical (unpaired) electrons. The molecule has 0 aromatic carbocycles. The molecule has 5 nitrogen and oxygen atoms in total. The van der Waals surface area contributed by atoms with Crippen LogP contribution in [0.1, 0.15) is 13.3 Å². The number of nitrogens with one attached hydrogen (secondary N) is 1. The van der Waals surface area contributed by atoms with E-state index in [1.165, 1.54) is 6.92 Å². The van der Waals surface area contributed by atoms with Crippen molar-refractivity contribution in [2.45, 2.75) is 13.3 Å². The molecule has 0 saturated heterocycles. The van der Waals surface area contributed by atoms with Crippen LogP contribution in [0, 0.1) is 0 Å². The van der Waals surface area contributed by atoms with E-state index in [2.05, 4.69) is 5.32 Å². The Kier molecular flexibility index (Phi) is 3.38. The molecule has 1 amide bonds. The number of carbonyl (C=O) groups is 3. The largest absolute Gasteiger partial charge is 0.508 e. The molecule has 1 rings (SSSR count). The van der Waals surface area contributed by atoms with Gasteiger partial charge in [0, 0.05) is 19.5 Å². The van der Waals surface area contributed by atoms with Gasteiger partial charge in [0.1, 0.15) is 5.76 Å². The minimum absolute atomic E-state index is 0.183. The molecule has 0 spiro atoms. The molecule has 1 aliphatic rings. The summed E-state index contributed by atoms with van der Waals surface area (Å²) in [4.78, 5) is 32.4. The monoisotopic (exact) mass is 209 g/mol. The average molecular weight is 209 g/mol. The standard InChI is InChI=1S/C10H11NO4/c1-6(12)11-3-2-7-4-9(14)10(15)5-8(7)13/h4-5,13H,2-3H2,1H3,(H,11,12). The van der Waals surface area contributed by atoms with Crippen molar-refractivity contribution in [1.82, 2.24) is 5.32 Å². The lowest BCUT2D eigenvalue weighted by Gasteiger charge is -2.09. The Balaban J connectivity index is 2.59. The molecule has 1 aliphatic carbocycles. The average Bonchev–Trinajstić information content (AvgIpc) is 2.13. The van der Waals surface area contributed by atoms with Gasteiger partial charge in [-0.25, -0.2) is 0 Å². The number of ketones is 2. The van der Waals surface area contributed by atoms with Crippen LogP contribution in [-0.4, -0.2) is 29.1 Å². The fourth-order valence-corrected chi connectivity index (χ4v) is 1.16. The zero-order valence-corrected chi connectivity index (χ0v) is 8.24. The van der Waals surface area contributed by atoms with Crippen LogP contribution in [0.25, 0.3) is 0 Å². The van der Waals surface area contributed by atoms with Crippen LogP contribution in [0.4, 0.5) is 0 Å². The van der Waals surface area contributed by atoms with E-state index in [0.717, 1.165) is 12.2 Å². The molecule has 0 fully saturated rings. The van der Waals surface area contributed by atoms with Gasteiger partial charge in [-0.3, -0.25) is 14.4 Å². The summed E-state index contributed by atoms with van der Waals surface area (Å²) in [5.74, 6) is -1.76. The molecule has 0 heterocycles. The topological polar surface area (TPSA) is 83.5 Å². The van der Waals surface area contributed by atoms with Gasteiger partial charge in [-0.05, 0) is 18.1 Å². The second kappa shape index (κ2) is 4.54. The first kappa shape index (κ1) is 11.2. The highest BCUT2D eigenvalue weighted by Crippen LogP contribution is 2.15. The van der Waals surface area contributed by atoms with Gasteiger partial charge in [0.25, 0.3) is 0 Å². The first-order valence-corrected chi connectivity index (χ1v) is 4.45. The first-order valence-electron chi connectivity index (χ1n) is 4.45. The van der Waals surface area contributed by atoms with Crippen LogP contribution >= 0.6 is 0 Å². The van der Waals surface area contributed by atoms with Crippen molar-refractivity contribution in [3.8, 4) is 0 Å². The number of allylic oxidation sites excluding steroid dienone is 3. The van der Waals surface area contributed by atoms with Gasteiger partial charge in [-0.2, -0.15) is 0 Å². The van der Waals surface area contributed by atoms with Crippen LogP contribution in [0.5, 0.6) is 0 Å². The zero-order chi connectivity index (χ0) is 11.4. The van der Waals surface area contributed by atoms with Crippen LogP contribution in [0.3, 0.4) is 0 Å². The number of hydrogen-bond donors (Lipinski definition) is 2. The molecule has 80 valence electrons. The lowest BCUT2D eigenvalue weighted by molar-refractivity contribution is -0.131. The maximum Gasteiger partial charge on any atom is 0.229 e. The Labute approximate surface area is 86.5 Å². The predicted molar refractivity (Wildman–Crippen MR) is 52.1 cm³/mol. The van der Waals surface area contributed by atoms with E-state index in [-0.39, 0.29) is 11.7 Å². The van der Waals surface area contributed by atoms with E-state index >= 15 is 0 Å². The second-order valence-corrected chi connectivity index (χ2v) is 3.16. The molecule has 15 heavy (non-hydrogen) atoms. The molecule has 0 aromatic heterocycles. The van der Waals surface area contributed by atoms with E-state index in [4.69, 9.17) is 0 Å². The van der Waals surface area contributed by atoms with Gasteiger partial charge in [-0.1, -0.05) is 0 Å². The van der Waals surface area contributed by atoms with Crippen molar-refractivity contribution in [2.24, 2.45) is 0 Å². The van der Waals surface area contributed by atoms with Crippen LogP contribution < -0.4 is 5.32 Å². The normalized spacial score (nSPS) is 15.8. The number of amides is 1. The Hall–Kier alpha value is -1.91. The molecule has 0 atom stereocenters. The smallest absolute Gasteiger partial charge is 0.229 e. The minimum atomic E-state index is -0.726. The Morgan fingerprint density at radius 2 is 1.93 bits per heavy atom. The number of aliphatic hydroxyl groups is 1. The van der Waals surface area contributed by atoms with Gasteiger partial charge < -0.3 is 10.4 Å². The summed E-state index contributed by atoms with van der Waals surface area (Å²) >= 11 is 0. The van der Waals surface area contributed by atoms with E-state index in [0.29, 0.717) is 18.5 Å². The number of carbonyl (C=O) groups excluding carboxylic acids is 3. The molecule has 0 aliphatic heterocycles. The highest BCUT2D eigenvalue weighted by Gasteiger charge is 2.18. The van der Waals surface area contributed by atoms with Crippen molar-refractivity contribution in [3.05, 3.63) is 23.5 Å². The van der Waals surface area contributed by atoms with Gasteiger partial charge in [0.05, 0.1) is 0 Å². The van der Waals surface area contributed by atoms with E-state index in [1.807, 2.05) is 0 Å². The summed E-state index contributed by atoms with van der Waals surface area (Å²) in [6.45, 7) is 1.69. The third kappa shape index (κ3) is 3.05. The fraction of sp³-hybridized carbons (Fsp3) is 0.300.